The lowest BCUT2D eigenvalue weighted by Crippen LogP contribution is -2.31. The number of hydrogen-bond donors (Lipinski definition) is 1. The molecule has 232 valence electrons. The van der Waals surface area contributed by atoms with Gasteiger partial charge in [-0.25, -0.2) is 4.98 Å². The van der Waals surface area contributed by atoms with Crippen molar-refractivity contribution in [2.75, 3.05) is 13.2 Å². The van der Waals surface area contributed by atoms with Crippen molar-refractivity contribution in [3.63, 3.8) is 0 Å². The van der Waals surface area contributed by atoms with E-state index in [1.807, 2.05) is 38.1 Å². The summed E-state index contributed by atoms with van der Waals surface area (Å²) >= 11 is 0. The van der Waals surface area contributed by atoms with Gasteiger partial charge < -0.3 is 14.6 Å². The highest BCUT2D eigenvalue weighted by atomic mass is 16.5. The van der Waals surface area contributed by atoms with Crippen molar-refractivity contribution in [2.45, 2.75) is 136 Å². The zero-order chi connectivity index (χ0) is 29.8. The van der Waals surface area contributed by atoms with Crippen LogP contribution in [0.15, 0.2) is 42.5 Å². The molecular weight excluding hydrogens is 518 g/mol. The summed E-state index contributed by atoms with van der Waals surface area (Å²) in [5, 5.41) is 3.01. The van der Waals surface area contributed by atoms with Crippen LogP contribution in [0.1, 0.15) is 127 Å². The highest BCUT2D eigenvalue weighted by Crippen LogP contribution is 2.20. The SMILES string of the molecule is CCCCCCCCCCCCCCCCCCn1c(CCNC(=O)COc2cc(C)ccc2C)nc2ccccc21. The standard InChI is InChI=1S/C37H57N3O2/c1-4-5-6-7-8-9-10-11-12-13-14-15-16-17-18-21-28-40-34-23-20-19-22-33(34)39-36(40)26-27-38-37(41)30-42-35-29-31(2)24-25-32(35)3/h19-20,22-25,29H,4-18,21,26-28,30H2,1-3H3,(H,38,41). The van der Waals surface area contributed by atoms with Crippen molar-refractivity contribution >= 4 is 16.9 Å². The Hall–Kier alpha value is -2.82. The fourth-order valence-corrected chi connectivity index (χ4v) is 5.75. The molecule has 0 atom stereocenters. The van der Waals surface area contributed by atoms with Crippen molar-refractivity contribution < 1.29 is 9.53 Å². The molecule has 2 aromatic carbocycles. The number of imidazole rings is 1. The maximum absolute atomic E-state index is 12.4. The topological polar surface area (TPSA) is 56.2 Å². The highest BCUT2D eigenvalue weighted by molar-refractivity contribution is 5.78. The Labute approximate surface area is 255 Å². The van der Waals surface area contributed by atoms with Crippen LogP contribution in [-0.4, -0.2) is 28.6 Å². The van der Waals surface area contributed by atoms with E-state index >= 15 is 0 Å². The van der Waals surface area contributed by atoms with E-state index in [2.05, 4.69) is 35.0 Å². The number of benzene rings is 2. The van der Waals surface area contributed by atoms with Crippen molar-refractivity contribution in [1.82, 2.24) is 14.9 Å². The molecule has 5 nitrogen and oxygen atoms in total. The molecule has 0 unspecified atom stereocenters. The molecule has 0 saturated heterocycles. The summed E-state index contributed by atoms with van der Waals surface area (Å²) in [6, 6.07) is 14.4. The molecule has 0 bridgehead atoms. The molecule has 1 heterocycles. The lowest BCUT2D eigenvalue weighted by Gasteiger charge is -2.11. The molecule has 42 heavy (non-hydrogen) atoms. The summed E-state index contributed by atoms with van der Waals surface area (Å²) in [5.41, 5.74) is 4.39. The first kappa shape index (κ1) is 33.7. The molecule has 0 aliphatic heterocycles. The number of carbonyl (C=O) groups is 1. The summed E-state index contributed by atoms with van der Waals surface area (Å²) in [5.74, 6) is 1.72. The van der Waals surface area contributed by atoms with E-state index in [1.165, 1.54) is 108 Å². The number of para-hydroxylation sites is 2. The van der Waals surface area contributed by atoms with E-state index in [-0.39, 0.29) is 12.5 Å². The summed E-state index contributed by atoms with van der Waals surface area (Å²) < 4.78 is 8.12. The van der Waals surface area contributed by atoms with Crippen LogP contribution in [-0.2, 0) is 17.8 Å². The van der Waals surface area contributed by atoms with Gasteiger partial charge in [-0.1, -0.05) is 128 Å². The number of ether oxygens (including phenoxy) is 1. The average Bonchev–Trinajstić information content (AvgIpc) is 3.34. The molecular formula is C37H57N3O2. The predicted molar refractivity (Wildman–Crippen MR) is 177 cm³/mol. The Balaban J connectivity index is 1.28. The Morgan fingerprint density at radius 2 is 1.38 bits per heavy atom. The number of aryl methyl sites for hydroxylation is 3. The van der Waals surface area contributed by atoms with Gasteiger partial charge in [0.1, 0.15) is 11.6 Å². The summed E-state index contributed by atoms with van der Waals surface area (Å²) in [4.78, 5) is 17.3. The molecule has 3 aromatic rings. The van der Waals surface area contributed by atoms with Crippen LogP contribution in [0.4, 0.5) is 0 Å². The largest absolute Gasteiger partial charge is 0.483 e. The lowest BCUT2D eigenvalue weighted by atomic mass is 10.0. The van der Waals surface area contributed by atoms with E-state index in [4.69, 9.17) is 9.72 Å². The number of nitrogens with one attached hydrogen (secondary N) is 1. The third kappa shape index (κ3) is 12.6. The fourth-order valence-electron chi connectivity index (χ4n) is 5.75. The van der Waals surface area contributed by atoms with E-state index in [0.29, 0.717) is 13.0 Å². The van der Waals surface area contributed by atoms with Crippen LogP contribution >= 0.6 is 0 Å². The predicted octanol–water partition coefficient (Wildman–Crippen LogP) is 9.65. The van der Waals surface area contributed by atoms with E-state index < -0.39 is 0 Å². The number of nitrogens with zero attached hydrogens (tertiary/aromatic N) is 2. The Morgan fingerprint density at radius 3 is 2.02 bits per heavy atom. The Bertz CT molecular complexity index is 1170. The smallest absolute Gasteiger partial charge is 0.257 e. The van der Waals surface area contributed by atoms with Crippen molar-refractivity contribution in [3.05, 3.63) is 59.4 Å². The van der Waals surface area contributed by atoms with Gasteiger partial charge in [0.25, 0.3) is 5.91 Å². The van der Waals surface area contributed by atoms with Crippen LogP contribution in [0.25, 0.3) is 11.0 Å². The second-order valence-corrected chi connectivity index (χ2v) is 12.1. The zero-order valence-corrected chi connectivity index (χ0v) is 26.9. The number of unbranched alkanes of at least 4 members (excludes halogenated alkanes) is 15. The molecule has 1 N–H and O–H groups in total. The molecule has 0 radical (unpaired) electrons. The molecule has 0 saturated carbocycles. The quantitative estimate of drug-likeness (QED) is 0.115. The molecule has 0 aliphatic carbocycles. The van der Waals surface area contributed by atoms with Crippen molar-refractivity contribution in [2.24, 2.45) is 0 Å². The third-order valence-corrected chi connectivity index (χ3v) is 8.34. The zero-order valence-electron chi connectivity index (χ0n) is 26.9. The minimum atomic E-state index is -0.101. The lowest BCUT2D eigenvalue weighted by molar-refractivity contribution is -0.123. The molecule has 1 aromatic heterocycles. The Kier molecular flexibility index (Phi) is 16.2. The first-order valence-electron chi connectivity index (χ1n) is 17.0. The molecule has 3 rings (SSSR count). The van der Waals surface area contributed by atoms with Gasteiger partial charge >= 0.3 is 0 Å². The van der Waals surface area contributed by atoms with Crippen LogP contribution < -0.4 is 10.1 Å². The van der Waals surface area contributed by atoms with Gasteiger partial charge in [-0.3, -0.25) is 4.79 Å². The van der Waals surface area contributed by atoms with Gasteiger partial charge in [0, 0.05) is 19.5 Å². The number of carbonyl (C=O) groups excluding carboxylic acids is 1. The minimum Gasteiger partial charge on any atom is -0.483 e. The molecule has 5 heteroatoms. The second kappa shape index (κ2) is 20.1. The minimum absolute atomic E-state index is 0.0277. The van der Waals surface area contributed by atoms with Crippen LogP contribution in [0, 0.1) is 13.8 Å². The highest BCUT2D eigenvalue weighted by Gasteiger charge is 2.11. The third-order valence-electron chi connectivity index (χ3n) is 8.34. The summed E-state index contributed by atoms with van der Waals surface area (Å²) in [6.07, 6.45) is 22.8. The van der Waals surface area contributed by atoms with E-state index in [9.17, 15) is 4.79 Å². The van der Waals surface area contributed by atoms with Crippen molar-refractivity contribution in [3.8, 4) is 5.75 Å². The summed E-state index contributed by atoms with van der Waals surface area (Å²) in [7, 11) is 0. The normalized spacial score (nSPS) is 11.3. The number of hydrogen-bond acceptors (Lipinski definition) is 3. The van der Waals surface area contributed by atoms with Gasteiger partial charge in [-0.15, -0.1) is 0 Å². The first-order valence-corrected chi connectivity index (χ1v) is 17.0. The van der Waals surface area contributed by atoms with Gasteiger partial charge in [0.15, 0.2) is 6.61 Å². The maximum Gasteiger partial charge on any atom is 0.257 e. The number of aromatic nitrogens is 2. The first-order chi connectivity index (χ1) is 20.6. The monoisotopic (exact) mass is 575 g/mol. The van der Waals surface area contributed by atoms with E-state index in [1.54, 1.807) is 0 Å². The van der Waals surface area contributed by atoms with Crippen LogP contribution in [0.3, 0.4) is 0 Å². The molecule has 0 aliphatic rings. The van der Waals surface area contributed by atoms with Gasteiger partial charge in [-0.2, -0.15) is 0 Å². The molecule has 1 amide bonds. The van der Waals surface area contributed by atoms with Gasteiger partial charge in [0.2, 0.25) is 0 Å². The number of amides is 1. The van der Waals surface area contributed by atoms with E-state index in [0.717, 1.165) is 34.8 Å². The number of fused-ring (bicyclic) bond motifs is 1. The van der Waals surface area contributed by atoms with Crippen molar-refractivity contribution in [1.29, 1.82) is 0 Å². The average molecular weight is 576 g/mol. The summed E-state index contributed by atoms with van der Waals surface area (Å²) in [6.45, 7) is 7.88. The maximum atomic E-state index is 12.4. The van der Waals surface area contributed by atoms with Gasteiger partial charge in [-0.05, 0) is 49.6 Å². The molecule has 0 fully saturated rings. The van der Waals surface area contributed by atoms with Gasteiger partial charge in [0.05, 0.1) is 11.0 Å². The fraction of sp³-hybridized carbons (Fsp3) is 0.622. The van der Waals surface area contributed by atoms with Crippen LogP contribution in [0.5, 0.6) is 5.75 Å². The second-order valence-electron chi connectivity index (χ2n) is 12.1. The molecule has 0 spiro atoms. The Morgan fingerprint density at radius 1 is 0.786 bits per heavy atom. The van der Waals surface area contributed by atoms with Crippen LogP contribution in [0.2, 0.25) is 0 Å². The number of rotatable bonds is 23.